The standard InChI is InChI=1S/C13H14Cl2N6O2S/c1-21-10(3-2-9(16)22)19-20-13(21)24-6-11(23)18-12-8(15)4-7(14)5-17-12/h4-5H,2-3,6H2,1H3,(H2,16,22)(H,17,18,23). The van der Waals surface area contributed by atoms with Crippen molar-refractivity contribution in [3.63, 3.8) is 0 Å². The summed E-state index contributed by atoms with van der Waals surface area (Å²) in [5.74, 6) is 0.269. The third-order valence-corrected chi connectivity index (χ3v) is 4.43. The van der Waals surface area contributed by atoms with Crippen LogP contribution in [-0.4, -0.2) is 37.3 Å². The number of nitrogens with one attached hydrogen (secondary N) is 1. The molecule has 0 aromatic carbocycles. The molecule has 2 rings (SSSR count). The minimum Gasteiger partial charge on any atom is -0.370 e. The van der Waals surface area contributed by atoms with E-state index in [0.717, 1.165) is 0 Å². The number of hydrogen-bond acceptors (Lipinski definition) is 6. The van der Waals surface area contributed by atoms with E-state index in [1.54, 1.807) is 11.6 Å². The van der Waals surface area contributed by atoms with Gasteiger partial charge in [0.2, 0.25) is 11.8 Å². The molecule has 0 bridgehead atoms. The summed E-state index contributed by atoms with van der Waals surface area (Å²) in [5, 5.41) is 11.8. The van der Waals surface area contributed by atoms with Crippen molar-refractivity contribution in [1.82, 2.24) is 19.7 Å². The number of hydrogen-bond donors (Lipinski definition) is 2. The molecule has 2 heterocycles. The summed E-state index contributed by atoms with van der Waals surface area (Å²) in [5.41, 5.74) is 5.11. The lowest BCUT2D eigenvalue weighted by molar-refractivity contribution is -0.118. The Morgan fingerprint density at radius 1 is 1.38 bits per heavy atom. The molecule has 0 saturated carbocycles. The number of carbonyl (C=O) groups is 2. The lowest BCUT2D eigenvalue weighted by atomic mass is 10.3. The topological polar surface area (TPSA) is 116 Å². The number of rotatable bonds is 7. The largest absolute Gasteiger partial charge is 0.370 e. The molecule has 128 valence electrons. The zero-order valence-electron chi connectivity index (χ0n) is 12.6. The van der Waals surface area contributed by atoms with Crippen molar-refractivity contribution in [3.8, 4) is 0 Å². The third kappa shape index (κ3) is 5.08. The summed E-state index contributed by atoms with van der Waals surface area (Å²) in [6.07, 6.45) is 1.98. The van der Waals surface area contributed by atoms with Crippen LogP contribution in [0.3, 0.4) is 0 Å². The molecule has 0 fully saturated rings. The number of halogens is 2. The van der Waals surface area contributed by atoms with Crippen LogP contribution in [0, 0.1) is 0 Å². The molecular formula is C13H14Cl2N6O2S. The second kappa shape index (κ2) is 8.32. The molecule has 0 aliphatic rings. The first kappa shape index (κ1) is 18.5. The summed E-state index contributed by atoms with van der Waals surface area (Å²) < 4.78 is 1.72. The molecule has 0 atom stereocenters. The van der Waals surface area contributed by atoms with Gasteiger partial charge in [-0.25, -0.2) is 4.98 Å². The predicted octanol–water partition coefficient (Wildman–Crippen LogP) is 1.67. The van der Waals surface area contributed by atoms with Gasteiger partial charge >= 0.3 is 0 Å². The smallest absolute Gasteiger partial charge is 0.236 e. The maximum atomic E-state index is 12.0. The lowest BCUT2D eigenvalue weighted by Crippen LogP contribution is -2.16. The van der Waals surface area contributed by atoms with Gasteiger partial charge in [0.05, 0.1) is 15.8 Å². The molecule has 2 aromatic heterocycles. The van der Waals surface area contributed by atoms with E-state index in [2.05, 4.69) is 20.5 Å². The van der Waals surface area contributed by atoms with E-state index in [9.17, 15) is 9.59 Å². The molecule has 11 heteroatoms. The van der Waals surface area contributed by atoms with Gasteiger partial charge in [-0.2, -0.15) is 0 Å². The summed E-state index contributed by atoms with van der Waals surface area (Å²) in [4.78, 5) is 26.7. The van der Waals surface area contributed by atoms with Crippen molar-refractivity contribution < 1.29 is 9.59 Å². The SMILES string of the molecule is Cn1c(CCC(N)=O)nnc1SCC(=O)Nc1ncc(Cl)cc1Cl. The first-order valence-electron chi connectivity index (χ1n) is 6.77. The fraction of sp³-hybridized carbons (Fsp3) is 0.308. The van der Waals surface area contributed by atoms with Crippen LogP contribution in [0.4, 0.5) is 5.82 Å². The van der Waals surface area contributed by atoms with Gasteiger partial charge in [-0.3, -0.25) is 9.59 Å². The van der Waals surface area contributed by atoms with Gasteiger partial charge in [0.1, 0.15) is 5.82 Å². The Kier molecular flexibility index (Phi) is 6.41. The Bertz CT molecular complexity index is 767. The number of aryl methyl sites for hydroxylation is 1. The van der Waals surface area contributed by atoms with E-state index in [-0.39, 0.29) is 28.9 Å². The number of nitrogens with zero attached hydrogens (tertiary/aromatic N) is 4. The van der Waals surface area contributed by atoms with E-state index in [4.69, 9.17) is 28.9 Å². The van der Waals surface area contributed by atoms with Gasteiger partial charge < -0.3 is 15.6 Å². The van der Waals surface area contributed by atoms with E-state index in [1.165, 1.54) is 24.0 Å². The monoisotopic (exact) mass is 388 g/mol. The van der Waals surface area contributed by atoms with Gasteiger partial charge in [0.25, 0.3) is 0 Å². The van der Waals surface area contributed by atoms with Crippen LogP contribution in [-0.2, 0) is 23.1 Å². The summed E-state index contributed by atoms with van der Waals surface area (Å²) in [6, 6.07) is 1.49. The summed E-state index contributed by atoms with van der Waals surface area (Å²) in [6.45, 7) is 0. The molecule has 2 aromatic rings. The van der Waals surface area contributed by atoms with Crippen LogP contribution in [0.15, 0.2) is 17.4 Å². The number of anilines is 1. The molecule has 0 unspecified atom stereocenters. The Balaban J connectivity index is 1.91. The number of thioether (sulfide) groups is 1. The van der Waals surface area contributed by atoms with Crippen molar-refractivity contribution in [3.05, 3.63) is 28.1 Å². The number of carbonyl (C=O) groups excluding carboxylic acids is 2. The van der Waals surface area contributed by atoms with E-state index in [0.29, 0.717) is 22.4 Å². The number of primary amides is 1. The molecule has 0 spiro atoms. The van der Waals surface area contributed by atoms with Crippen molar-refractivity contribution in [2.24, 2.45) is 12.8 Å². The highest BCUT2D eigenvalue weighted by molar-refractivity contribution is 7.99. The van der Waals surface area contributed by atoms with Crippen LogP contribution in [0.1, 0.15) is 12.2 Å². The Labute approximate surface area is 152 Å². The molecule has 0 aliphatic heterocycles. The first-order chi connectivity index (χ1) is 11.4. The van der Waals surface area contributed by atoms with Gasteiger partial charge in [-0.05, 0) is 6.07 Å². The second-order valence-corrected chi connectivity index (χ2v) is 6.53. The molecular weight excluding hydrogens is 375 g/mol. The lowest BCUT2D eigenvalue weighted by Gasteiger charge is -2.06. The number of pyridine rings is 1. The highest BCUT2D eigenvalue weighted by Gasteiger charge is 2.13. The fourth-order valence-electron chi connectivity index (χ4n) is 1.73. The Hall–Kier alpha value is -1.84. The molecule has 0 saturated heterocycles. The molecule has 8 nitrogen and oxygen atoms in total. The summed E-state index contributed by atoms with van der Waals surface area (Å²) in [7, 11) is 1.76. The quantitative estimate of drug-likeness (QED) is 0.696. The average Bonchev–Trinajstić information content (AvgIpc) is 2.86. The second-order valence-electron chi connectivity index (χ2n) is 4.74. The Morgan fingerprint density at radius 3 is 2.79 bits per heavy atom. The van der Waals surface area contributed by atoms with Crippen molar-refractivity contribution in [2.45, 2.75) is 18.0 Å². The van der Waals surface area contributed by atoms with Crippen LogP contribution in [0.25, 0.3) is 0 Å². The highest BCUT2D eigenvalue weighted by Crippen LogP contribution is 2.23. The minimum absolute atomic E-state index is 0.0996. The van der Waals surface area contributed by atoms with Crippen LogP contribution < -0.4 is 11.1 Å². The van der Waals surface area contributed by atoms with Crippen LogP contribution >= 0.6 is 35.0 Å². The van der Waals surface area contributed by atoms with Crippen molar-refractivity contribution in [1.29, 1.82) is 0 Å². The van der Waals surface area contributed by atoms with Gasteiger partial charge in [-0.1, -0.05) is 35.0 Å². The van der Waals surface area contributed by atoms with E-state index in [1.807, 2.05) is 0 Å². The van der Waals surface area contributed by atoms with Gasteiger partial charge in [0, 0.05) is 26.1 Å². The maximum Gasteiger partial charge on any atom is 0.236 e. The highest BCUT2D eigenvalue weighted by atomic mass is 35.5. The van der Waals surface area contributed by atoms with Crippen LogP contribution in [0.2, 0.25) is 10.0 Å². The fourth-order valence-corrected chi connectivity index (χ4v) is 2.89. The molecule has 2 amide bonds. The molecule has 24 heavy (non-hydrogen) atoms. The maximum absolute atomic E-state index is 12.0. The van der Waals surface area contributed by atoms with Crippen LogP contribution in [0.5, 0.6) is 0 Å². The molecule has 0 aliphatic carbocycles. The molecule has 3 N–H and O–H groups in total. The number of amides is 2. The minimum atomic E-state index is -0.404. The third-order valence-electron chi connectivity index (χ3n) is 2.92. The zero-order chi connectivity index (χ0) is 17.7. The number of nitrogens with two attached hydrogens (primary N) is 1. The van der Waals surface area contributed by atoms with Crippen molar-refractivity contribution >= 4 is 52.6 Å². The van der Waals surface area contributed by atoms with Gasteiger partial charge in [0.15, 0.2) is 11.0 Å². The van der Waals surface area contributed by atoms with Crippen molar-refractivity contribution in [2.75, 3.05) is 11.1 Å². The summed E-state index contributed by atoms with van der Waals surface area (Å²) >= 11 is 12.9. The predicted molar refractivity (Wildman–Crippen MR) is 92.1 cm³/mol. The average molecular weight is 389 g/mol. The van der Waals surface area contributed by atoms with E-state index >= 15 is 0 Å². The zero-order valence-corrected chi connectivity index (χ0v) is 15.0. The van der Waals surface area contributed by atoms with Gasteiger partial charge in [-0.15, -0.1) is 10.2 Å². The Morgan fingerprint density at radius 2 is 2.12 bits per heavy atom. The normalized spacial score (nSPS) is 10.6. The first-order valence-corrected chi connectivity index (χ1v) is 8.51. The van der Waals surface area contributed by atoms with E-state index < -0.39 is 5.91 Å². The molecule has 0 radical (unpaired) electrons. The number of aromatic nitrogens is 4.